The maximum atomic E-state index is 11.9. The van der Waals surface area contributed by atoms with E-state index in [4.69, 9.17) is 5.11 Å². The van der Waals surface area contributed by atoms with Gasteiger partial charge in [-0.1, -0.05) is 6.42 Å². The molecule has 0 bridgehead atoms. The van der Waals surface area contributed by atoms with E-state index >= 15 is 0 Å². The maximum Gasteiger partial charge on any atom is 0.307 e. The average Bonchev–Trinajstić information content (AvgIpc) is 2.76. The van der Waals surface area contributed by atoms with E-state index in [1.165, 1.54) is 0 Å². The Kier molecular flexibility index (Phi) is 5.79. The largest absolute Gasteiger partial charge is 0.481 e. The maximum absolute atomic E-state index is 11.9. The lowest BCUT2D eigenvalue weighted by molar-refractivity contribution is -0.146. The molecule has 1 fully saturated rings. The monoisotopic (exact) mass is 270 g/mol. The topological polar surface area (TPSA) is 95.5 Å². The van der Waals surface area contributed by atoms with Gasteiger partial charge in [0.25, 0.3) is 0 Å². The van der Waals surface area contributed by atoms with Crippen molar-refractivity contribution in [3.63, 3.8) is 0 Å². The van der Waals surface area contributed by atoms with E-state index in [0.717, 1.165) is 6.42 Å². The van der Waals surface area contributed by atoms with Crippen LogP contribution >= 0.6 is 0 Å². The fraction of sp³-hybridized carbons (Fsp3) is 0.769. The van der Waals surface area contributed by atoms with Crippen LogP contribution in [0, 0.1) is 11.8 Å². The number of carbonyl (C=O) groups excluding carboxylic acids is 2. The number of aliphatic carboxylic acids is 1. The summed E-state index contributed by atoms with van der Waals surface area (Å²) in [5.74, 6) is -2.30. The van der Waals surface area contributed by atoms with Crippen LogP contribution in [0.25, 0.3) is 0 Å². The van der Waals surface area contributed by atoms with Gasteiger partial charge in [-0.05, 0) is 26.7 Å². The molecule has 2 atom stereocenters. The van der Waals surface area contributed by atoms with Crippen LogP contribution in [0.2, 0.25) is 0 Å². The lowest BCUT2D eigenvalue weighted by Gasteiger charge is -2.15. The number of nitrogens with one attached hydrogen (secondary N) is 2. The first-order valence-electron chi connectivity index (χ1n) is 6.71. The SMILES string of the molecule is CC(C)NC(=O)CCNC(=O)C1CCCC1C(=O)O. The zero-order chi connectivity index (χ0) is 14.4. The summed E-state index contributed by atoms with van der Waals surface area (Å²) in [5.41, 5.74) is 0. The van der Waals surface area contributed by atoms with Crippen molar-refractivity contribution in [3.05, 3.63) is 0 Å². The quantitative estimate of drug-likeness (QED) is 0.655. The van der Waals surface area contributed by atoms with Crippen LogP contribution in [0.3, 0.4) is 0 Å². The summed E-state index contributed by atoms with van der Waals surface area (Å²) >= 11 is 0. The molecule has 0 heterocycles. The summed E-state index contributed by atoms with van der Waals surface area (Å²) in [4.78, 5) is 34.2. The fourth-order valence-corrected chi connectivity index (χ4v) is 2.39. The highest BCUT2D eigenvalue weighted by Crippen LogP contribution is 2.31. The molecular formula is C13H22N2O4. The number of hydrogen-bond donors (Lipinski definition) is 3. The molecule has 0 saturated heterocycles. The normalized spacial score (nSPS) is 22.3. The highest BCUT2D eigenvalue weighted by molar-refractivity contribution is 5.85. The molecule has 1 aliphatic carbocycles. The summed E-state index contributed by atoms with van der Waals surface area (Å²) in [6.45, 7) is 3.99. The Morgan fingerprint density at radius 1 is 1.21 bits per heavy atom. The van der Waals surface area contributed by atoms with Gasteiger partial charge in [0.1, 0.15) is 0 Å². The molecule has 0 spiro atoms. The van der Waals surface area contributed by atoms with Crippen molar-refractivity contribution in [2.24, 2.45) is 11.8 Å². The first kappa shape index (κ1) is 15.5. The fourth-order valence-electron chi connectivity index (χ4n) is 2.39. The summed E-state index contributed by atoms with van der Waals surface area (Å²) in [7, 11) is 0. The number of rotatable bonds is 6. The smallest absolute Gasteiger partial charge is 0.307 e. The van der Waals surface area contributed by atoms with E-state index in [0.29, 0.717) is 12.8 Å². The van der Waals surface area contributed by atoms with Crippen molar-refractivity contribution in [1.82, 2.24) is 10.6 Å². The molecule has 1 saturated carbocycles. The third kappa shape index (κ3) is 4.89. The van der Waals surface area contributed by atoms with E-state index < -0.39 is 17.8 Å². The molecule has 3 N–H and O–H groups in total. The number of carboxylic acid groups (broad SMARTS) is 1. The van der Waals surface area contributed by atoms with E-state index in [2.05, 4.69) is 10.6 Å². The van der Waals surface area contributed by atoms with Gasteiger partial charge in [0.15, 0.2) is 0 Å². The molecule has 108 valence electrons. The summed E-state index contributed by atoms with van der Waals surface area (Å²) < 4.78 is 0. The van der Waals surface area contributed by atoms with Gasteiger partial charge in [-0.15, -0.1) is 0 Å². The zero-order valence-electron chi connectivity index (χ0n) is 11.4. The lowest BCUT2D eigenvalue weighted by Crippen LogP contribution is -2.38. The molecule has 0 aromatic carbocycles. The van der Waals surface area contributed by atoms with Gasteiger partial charge in [0.2, 0.25) is 11.8 Å². The van der Waals surface area contributed by atoms with Crippen molar-refractivity contribution < 1.29 is 19.5 Å². The standard InChI is InChI=1S/C13H22N2O4/c1-8(2)15-11(16)6-7-14-12(17)9-4-3-5-10(9)13(18)19/h8-10H,3-7H2,1-2H3,(H,14,17)(H,15,16)(H,18,19). The second-order valence-corrected chi connectivity index (χ2v) is 5.25. The lowest BCUT2D eigenvalue weighted by atomic mass is 9.95. The van der Waals surface area contributed by atoms with Crippen molar-refractivity contribution in [2.45, 2.75) is 45.6 Å². The van der Waals surface area contributed by atoms with Gasteiger partial charge in [-0.25, -0.2) is 0 Å². The van der Waals surface area contributed by atoms with Crippen LogP contribution in [-0.4, -0.2) is 35.5 Å². The molecular weight excluding hydrogens is 248 g/mol. The van der Waals surface area contributed by atoms with Crippen LogP contribution in [0.15, 0.2) is 0 Å². The number of hydrogen-bond acceptors (Lipinski definition) is 3. The highest BCUT2D eigenvalue weighted by Gasteiger charge is 2.37. The van der Waals surface area contributed by atoms with Gasteiger partial charge in [-0.2, -0.15) is 0 Å². The number of carboxylic acids is 1. The van der Waals surface area contributed by atoms with Gasteiger partial charge in [0, 0.05) is 19.0 Å². The molecule has 2 unspecified atom stereocenters. The second kappa shape index (κ2) is 7.11. The first-order chi connectivity index (χ1) is 8.91. The Hall–Kier alpha value is -1.59. The molecule has 0 aromatic rings. The molecule has 6 nitrogen and oxygen atoms in total. The first-order valence-corrected chi connectivity index (χ1v) is 6.71. The van der Waals surface area contributed by atoms with Crippen molar-refractivity contribution in [3.8, 4) is 0 Å². The Morgan fingerprint density at radius 2 is 1.84 bits per heavy atom. The van der Waals surface area contributed by atoms with Crippen LogP contribution in [0.5, 0.6) is 0 Å². The van der Waals surface area contributed by atoms with Crippen LogP contribution in [-0.2, 0) is 14.4 Å². The van der Waals surface area contributed by atoms with Gasteiger partial charge >= 0.3 is 5.97 Å². The molecule has 19 heavy (non-hydrogen) atoms. The molecule has 6 heteroatoms. The van der Waals surface area contributed by atoms with Gasteiger partial charge in [-0.3, -0.25) is 14.4 Å². The molecule has 2 amide bonds. The van der Waals surface area contributed by atoms with E-state index in [-0.39, 0.29) is 30.8 Å². The Bertz CT molecular complexity index is 355. The third-order valence-electron chi connectivity index (χ3n) is 3.27. The predicted octanol–water partition coefficient (Wildman–Crippen LogP) is 0.518. The third-order valence-corrected chi connectivity index (χ3v) is 3.27. The Labute approximate surface area is 112 Å². The van der Waals surface area contributed by atoms with E-state index in [1.54, 1.807) is 0 Å². The van der Waals surface area contributed by atoms with Crippen LogP contribution in [0.1, 0.15) is 39.5 Å². The minimum atomic E-state index is -0.907. The van der Waals surface area contributed by atoms with Crippen molar-refractivity contribution in [2.75, 3.05) is 6.54 Å². The number of amides is 2. The van der Waals surface area contributed by atoms with Gasteiger partial charge < -0.3 is 15.7 Å². The number of carbonyl (C=O) groups is 3. The average molecular weight is 270 g/mol. The van der Waals surface area contributed by atoms with E-state index in [1.807, 2.05) is 13.8 Å². The minimum absolute atomic E-state index is 0.0782. The van der Waals surface area contributed by atoms with Crippen LogP contribution in [0.4, 0.5) is 0 Å². The molecule has 0 radical (unpaired) electrons. The predicted molar refractivity (Wildman–Crippen MR) is 69.4 cm³/mol. The van der Waals surface area contributed by atoms with Gasteiger partial charge in [0.05, 0.1) is 11.8 Å². The molecule has 1 aliphatic rings. The minimum Gasteiger partial charge on any atom is -0.481 e. The summed E-state index contributed by atoms with van der Waals surface area (Å²) in [6.07, 6.45) is 2.15. The highest BCUT2D eigenvalue weighted by atomic mass is 16.4. The zero-order valence-corrected chi connectivity index (χ0v) is 11.4. The molecule has 1 rings (SSSR count). The Balaban J connectivity index is 2.31. The molecule has 0 aliphatic heterocycles. The van der Waals surface area contributed by atoms with Crippen molar-refractivity contribution >= 4 is 17.8 Å². The summed E-state index contributed by atoms with van der Waals surface area (Å²) in [5, 5.41) is 14.4. The second-order valence-electron chi connectivity index (χ2n) is 5.25. The Morgan fingerprint density at radius 3 is 2.42 bits per heavy atom. The van der Waals surface area contributed by atoms with E-state index in [9.17, 15) is 14.4 Å². The molecule has 0 aromatic heterocycles. The van der Waals surface area contributed by atoms with Crippen molar-refractivity contribution in [1.29, 1.82) is 0 Å². The van der Waals surface area contributed by atoms with Crippen LogP contribution < -0.4 is 10.6 Å². The summed E-state index contributed by atoms with van der Waals surface area (Å²) in [6, 6.07) is 0.0782.